The van der Waals surface area contributed by atoms with E-state index in [0.717, 1.165) is 16.7 Å². The second-order valence-corrected chi connectivity index (χ2v) is 4.22. The lowest BCUT2D eigenvalue weighted by Gasteiger charge is -2.03. The third-order valence-electron chi connectivity index (χ3n) is 2.43. The molecular formula is C17H20O. The van der Waals surface area contributed by atoms with Gasteiger partial charge >= 0.3 is 0 Å². The number of carbonyl (C=O) groups excluding carboxylic acids is 1. The van der Waals surface area contributed by atoms with Crippen LogP contribution in [0.15, 0.2) is 54.6 Å². The molecule has 0 heterocycles. The Morgan fingerprint density at radius 2 is 1.39 bits per heavy atom. The Balaban J connectivity index is 0.000000492. The molecule has 0 aliphatic carbocycles. The highest BCUT2D eigenvalue weighted by molar-refractivity contribution is 6.09. The molecule has 1 heteroatoms. The van der Waals surface area contributed by atoms with Crippen molar-refractivity contribution in [2.24, 2.45) is 0 Å². The summed E-state index contributed by atoms with van der Waals surface area (Å²) in [4.78, 5) is 12.1. The lowest BCUT2D eigenvalue weighted by atomic mass is 9.99. The van der Waals surface area contributed by atoms with Crippen molar-refractivity contribution in [2.75, 3.05) is 0 Å². The Hall–Kier alpha value is -1.89. The van der Waals surface area contributed by atoms with Crippen LogP contribution in [-0.2, 0) is 0 Å². The molecule has 1 nitrogen and oxygen atoms in total. The van der Waals surface area contributed by atoms with E-state index in [2.05, 4.69) is 13.8 Å². The number of aryl methyl sites for hydroxylation is 1. The maximum Gasteiger partial charge on any atom is 0.193 e. The molecule has 2 aromatic carbocycles. The van der Waals surface area contributed by atoms with E-state index >= 15 is 0 Å². The fourth-order valence-corrected chi connectivity index (χ4v) is 1.57. The van der Waals surface area contributed by atoms with Crippen molar-refractivity contribution in [3.63, 3.8) is 0 Å². The van der Waals surface area contributed by atoms with E-state index in [0.29, 0.717) is 0 Å². The average Bonchev–Trinajstić information content (AvgIpc) is 2.40. The van der Waals surface area contributed by atoms with Crippen LogP contribution in [0.3, 0.4) is 0 Å². The van der Waals surface area contributed by atoms with Crippen molar-refractivity contribution in [1.82, 2.24) is 0 Å². The van der Waals surface area contributed by atoms with Crippen molar-refractivity contribution in [3.8, 4) is 0 Å². The fraction of sp³-hybridized carbons (Fsp3) is 0.235. The van der Waals surface area contributed by atoms with Crippen LogP contribution in [0, 0.1) is 6.92 Å². The summed E-state index contributed by atoms with van der Waals surface area (Å²) in [7, 11) is 0. The highest BCUT2D eigenvalue weighted by Crippen LogP contribution is 2.13. The molecule has 0 amide bonds. The van der Waals surface area contributed by atoms with E-state index < -0.39 is 0 Å². The quantitative estimate of drug-likeness (QED) is 0.699. The molecule has 0 spiro atoms. The maximum atomic E-state index is 12.1. The molecular weight excluding hydrogens is 220 g/mol. The number of carbonyl (C=O) groups is 1. The first-order valence-corrected chi connectivity index (χ1v) is 6.36. The molecule has 0 fully saturated rings. The molecule has 2 aromatic rings. The van der Waals surface area contributed by atoms with Crippen molar-refractivity contribution in [3.05, 3.63) is 71.3 Å². The molecule has 0 N–H and O–H groups in total. The summed E-state index contributed by atoms with van der Waals surface area (Å²) >= 11 is 0. The van der Waals surface area contributed by atoms with Gasteiger partial charge in [-0.3, -0.25) is 4.79 Å². The zero-order chi connectivity index (χ0) is 13.4. The maximum absolute atomic E-state index is 12.1. The van der Waals surface area contributed by atoms with Gasteiger partial charge in [0.25, 0.3) is 0 Å². The SMILES string of the molecule is CCC.Cc1ccccc1C(=O)c1ccccc1. The normalized spacial score (nSPS) is 9.28. The molecule has 0 radical (unpaired) electrons. The highest BCUT2D eigenvalue weighted by Gasteiger charge is 2.09. The standard InChI is InChI=1S/C14H12O.C3H8/c1-11-7-5-6-10-13(11)14(15)12-8-3-2-4-9-12;1-3-2/h2-10H,1H3;3H2,1-2H3. The minimum absolute atomic E-state index is 0.0914. The van der Waals surface area contributed by atoms with Crippen molar-refractivity contribution in [1.29, 1.82) is 0 Å². The second kappa shape index (κ2) is 7.44. The molecule has 18 heavy (non-hydrogen) atoms. The van der Waals surface area contributed by atoms with E-state index in [1.807, 2.05) is 61.5 Å². The van der Waals surface area contributed by atoms with Gasteiger partial charge in [0, 0.05) is 11.1 Å². The number of hydrogen-bond acceptors (Lipinski definition) is 1. The summed E-state index contributed by atoms with van der Waals surface area (Å²) in [6, 6.07) is 17.0. The van der Waals surface area contributed by atoms with Gasteiger partial charge in [-0.15, -0.1) is 0 Å². The molecule has 0 saturated heterocycles. The summed E-state index contributed by atoms with van der Waals surface area (Å²) in [6.45, 7) is 6.20. The molecule has 0 aliphatic heterocycles. The van der Waals surface area contributed by atoms with Gasteiger partial charge in [0.05, 0.1) is 0 Å². The van der Waals surface area contributed by atoms with Crippen LogP contribution in [0.4, 0.5) is 0 Å². The van der Waals surface area contributed by atoms with Gasteiger partial charge in [0.2, 0.25) is 0 Å². The predicted octanol–water partition coefficient (Wildman–Crippen LogP) is 4.64. The third kappa shape index (κ3) is 3.85. The van der Waals surface area contributed by atoms with Crippen LogP contribution >= 0.6 is 0 Å². The van der Waals surface area contributed by atoms with Gasteiger partial charge in [0.15, 0.2) is 5.78 Å². The lowest BCUT2D eigenvalue weighted by molar-refractivity contribution is 0.103. The van der Waals surface area contributed by atoms with Crippen molar-refractivity contribution in [2.45, 2.75) is 27.2 Å². The molecule has 94 valence electrons. The first-order chi connectivity index (χ1) is 8.70. The van der Waals surface area contributed by atoms with Crippen LogP contribution in [0.2, 0.25) is 0 Å². The predicted molar refractivity (Wildman–Crippen MR) is 77.0 cm³/mol. The van der Waals surface area contributed by atoms with Crippen LogP contribution in [-0.4, -0.2) is 5.78 Å². The third-order valence-corrected chi connectivity index (χ3v) is 2.43. The topological polar surface area (TPSA) is 17.1 Å². The van der Waals surface area contributed by atoms with Crippen LogP contribution in [0.1, 0.15) is 41.8 Å². The number of rotatable bonds is 2. The summed E-state index contributed by atoms with van der Waals surface area (Å²) < 4.78 is 0. The Bertz CT molecular complexity index is 486. The summed E-state index contributed by atoms with van der Waals surface area (Å²) in [5.74, 6) is 0.0914. The summed E-state index contributed by atoms with van der Waals surface area (Å²) in [6.07, 6.45) is 1.25. The summed E-state index contributed by atoms with van der Waals surface area (Å²) in [5, 5.41) is 0. The number of ketones is 1. The molecule has 0 aliphatic rings. The zero-order valence-electron chi connectivity index (χ0n) is 11.3. The Labute approximate surface area is 109 Å². The average molecular weight is 240 g/mol. The van der Waals surface area contributed by atoms with E-state index in [1.165, 1.54) is 6.42 Å². The molecule has 0 unspecified atom stereocenters. The fourth-order valence-electron chi connectivity index (χ4n) is 1.57. The van der Waals surface area contributed by atoms with Gasteiger partial charge in [-0.2, -0.15) is 0 Å². The van der Waals surface area contributed by atoms with E-state index in [4.69, 9.17) is 0 Å². The van der Waals surface area contributed by atoms with E-state index in [9.17, 15) is 4.79 Å². The Morgan fingerprint density at radius 3 is 1.94 bits per heavy atom. The number of benzene rings is 2. The molecule has 0 aromatic heterocycles. The largest absolute Gasteiger partial charge is 0.289 e. The van der Waals surface area contributed by atoms with E-state index in [-0.39, 0.29) is 5.78 Å². The van der Waals surface area contributed by atoms with Gasteiger partial charge in [-0.05, 0) is 12.5 Å². The monoisotopic (exact) mass is 240 g/mol. The second-order valence-electron chi connectivity index (χ2n) is 4.22. The van der Waals surface area contributed by atoms with Crippen molar-refractivity contribution >= 4 is 5.78 Å². The highest BCUT2D eigenvalue weighted by atomic mass is 16.1. The molecule has 2 rings (SSSR count). The minimum atomic E-state index is 0.0914. The molecule has 0 saturated carbocycles. The first kappa shape index (κ1) is 14.2. The lowest BCUT2D eigenvalue weighted by Crippen LogP contribution is -2.02. The van der Waals surface area contributed by atoms with Gasteiger partial charge in [-0.25, -0.2) is 0 Å². The van der Waals surface area contributed by atoms with Crippen LogP contribution < -0.4 is 0 Å². The molecule has 0 atom stereocenters. The zero-order valence-corrected chi connectivity index (χ0v) is 11.3. The van der Waals surface area contributed by atoms with Crippen LogP contribution in [0.5, 0.6) is 0 Å². The first-order valence-electron chi connectivity index (χ1n) is 6.36. The summed E-state index contributed by atoms with van der Waals surface area (Å²) in [5.41, 5.74) is 2.54. The number of hydrogen-bond donors (Lipinski definition) is 0. The van der Waals surface area contributed by atoms with Crippen LogP contribution in [0.25, 0.3) is 0 Å². The van der Waals surface area contributed by atoms with Gasteiger partial charge in [-0.1, -0.05) is 74.9 Å². The Kier molecular flexibility index (Phi) is 5.86. The smallest absolute Gasteiger partial charge is 0.193 e. The Morgan fingerprint density at radius 1 is 0.889 bits per heavy atom. The van der Waals surface area contributed by atoms with Gasteiger partial charge in [0.1, 0.15) is 0 Å². The van der Waals surface area contributed by atoms with Crippen molar-refractivity contribution < 1.29 is 4.79 Å². The van der Waals surface area contributed by atoms with E-state index in [1.54, 1.807) is 0 Å². The molecule has 0 bridgehead atoms. The minimum Gasteiger partial charge on any atom is -0.289 e. The van der Waals surface area contributed by atoms with Gasteiger partial charge < -0.3 is 0 Å².